The van der Waals surface area contributed by atoms with Gasteiger partial charge in [-0.3, -0.25) is 7.32 Å². The summed E-state index contributed by atoms with van der Waals surface area (Å²) in [6.07, 6.45) is 0. The van der Waals surface area contributed by atoms with Gasteiger partial charge < -0.3 is 15.1 Å². The van der Waals surface area contributed by atoms with Gasteiger partial charge in [-0.05, 0) is 0 Å². The first kappa shape index (κ1) is 34.5. The molecule has 0 saturated carbocycles. The van der Waals surface area contributed by atoms with E-state index >= 15 is 0 Å². The summed E-state index contributed by atoms with van der Waals surface area (Å²) < 4.78 is 10.8. The second kappa shape index (κ2) is 17.1. The molecule has 31 heavy (non-hydrogen) atoms. The predicted octanol–water partition coefficient (Wildman–Crippen LogP) is 3.49. The van der Waals surface area contributed by atoms with Crippen molar-refractivity contribution in [3.63, 3.8) is 0 Å². The topological polar surface area (TPSA) is 123 Å². The van der Waals surface area contributed by atoms with E-state index in [2.05, 4.69) is 159 Å². The number of rotatable bonds is 0. The van der Waals surface area contributed by atoms with Crippen LogP contribution in [0, 0.1) is 0 Å². The fourth-order valence-electron chi connectivity index (χ4n) is 0.950. The van der Waals surface area contributed by atoms with Crippen molar-refractivity contribution < 1.29 is 63.8 Å². The van der Waals surface area contributed by atoms with E-state index in [1.807, 2.05) is 0 Å². The molecular formula is C9BBr9Cu3N6O3. The van der Waals surface area contributed by atoms with Crippen LogP contribution in [-0.4, -0.2) is 33.7 Å². The first-order valence-corrected chi connectivity index (χ1v) is 14.7. The van der Waals surface area contributed by atoms with Gasteiger partial charge in [0.25, 0.3) is 0 Å². The fourth-order valence-corrected chi connectivity index (χ4v) is 5.60. The van der Waals surface area contributed by atoms with Gasteiger partial charge in [-0.1, -0.05) is 0 Å². The average Bonchev–Trinajstić information content (AvgIpc) is 3.13. The van der Waals surface area contributed by atoms with Gasteiger partial charge in [-0.15, -0.1) is 0 Å². The zero-order chi connectivity index (χ0) is 24.6. The maximum Gasteiger partial charge on any atom is -0.278 e. The number of nitrogens with zero attached hydrogens (tertiary/aromatic N) is 6. The Kier molecular flexibility index (Phi) is 19.0. The molecule has 22 heteroatoms. The third-order valence-electron chi connectivity index (χ3n) is 2.03. The number of halogens is 9. The molecule has 0 amide bonds. The standard InChI is InChI=1S/3C3Br3N2.BO3.3Cu/c3*4-1-2(5)7-8-3(1)6;2-1(3)4;;;/q3*-1;-3;3*+2. The third kappa shape index (κ3) is 12.5. The van der Waals surface area contributed by atoms with Crippen LogP contribution in [0.1, 0.15) is 0 Å². The smallest absolute Gasteiger partial charge is 0.278 e. The molecule has 0 bridgehead atoms. The zero-order valence-electron chi connectivity index (χ0n) is 13.3. The van der Waals surface area contributed by atoms with E-state index in [9.17, 15) is 0 Å². The molecule has 0 aliphatic rings. The van der Waals surface area contributed by atoms with Gasteiger partial charge in [0.2, 0.25) is 0 Å². The van der Waals surface area contributed by atoms with Crippen molar-refractivity contribution in [2.75, 3.05) is 0 Å². The molecule has 0 radical (unpaired) electrons. The normalized spacial score (nSPS) is 9.87. The maximum absolute atomic E-state index is 8.42. The zero-order valence-corrected chi connectivity index (χ0v) is 30.4. The van der Waals surface area contributed by atoms with Crippen molar-refractivity contribution in [2.24, 2.45) is 0 Å². The van der Waals surface area contributed by atoms with Gasteiger partial charge in [0.05, 0.1) is 0 Å². The van der Waals surface area contributed by atoms with Crippen LogP contribution in [-0.2, 0) is 48.7 Å². The first-order valence-electron chi connectivity index (χ1n) is 6.25. The molecule has 0 saturated heterocycles. The minimum Gasteiger partial charge on any atom is -0.907 e. The Labute approximate surface area is 277 Å². The summed E-state index contributed by atoms with van der Waals surface area (Å²) in [7, 11) is -2.92. The second-order valence-electron chi connectivity index (χ2n) is 3.96. The van der Waals surface area contributed by atoms with Gasteiger partial charge in [-0.25, -0.2) is 0 Å². The molecule has 0 fully saturated rings. The molecule has 3 aromatic heterocycles. The van der Waals surface area contributed by atoms with Crippen LogP contribution in [0.2, 0.25) is 0 Å². The molecule has 3 rings (SSSR count). The molecule has 0 aliphatic carbocycles. The summed E-state index contributed by atoms with van der Waals surface area (Å²) in [5.74, 6) is 0. The van der Waals surface area contributed by atoms with E-state index in [1.165, 1.54) is 11.1 Å². The number of hydrogen-bond donors (Lipinski definition) is 0. The molecule has 0 aromatic carbocycles. The average molecular weight is 1160 g/mol. The van der Waals surface area contributed by atoms with Gasteiger partial charge in [0.1, 0.15) is 0 Å². The van der Waals surface area contributed by atoms with Crippen LogP contribution in [0.3, 0.4) is 0 Å². The van der Waals surface area contributed by atoms with Crippen LogP contribution in [0.15, 0.2) is 41.0 Å². The summed E-state index contributed by atoms with van der Waals surface area (Å²) in [6, 6.07) is 0. The quantitative estimate of drug-likeness (QED) is 0.318. The molecule has 0 N–H and O–H groups in total. The molecule has 183 valence electrons. The first-order chi connectivity index (χ1) is 14.1. The second-order valence-corrected chi connectivity index (χ2v) is 12.0. The van der Waals surface area contributed by atoms with Crippen LogP contribution < -0.4 is 15.1 Å². The van der Waals surface area contributed by atoms with Crippen LogP contribution in [0.25, 0.3) is 0 Å². The van der Waals surface area contributed by atoms with Crippen molar-refractivity contribution in [1.29, 1.82) is 0 Å². The summed E-state index contributed by atoms with van der Waals surface area (Å²) in [5, 5.41) is 36.8. The van der Waals surface area contributed by atoms with E-state index in [4.69, 9.17) is 63.8 Å². The summed E-state index contributed by atoms with van der Waals surface area (Å²) >= 11 is 43.7. The Bertz CT molecular complexity index is 814. The molecule has 3 heterocycles. The summed E-state index contributed by atoms with van der Waals surface area (Å²) in [6.45, 7) is 0. The number of hydrogen-bond acceptors (Lipinski definition) is 6. The van der Waals surface area contributed by atoms with Crippen molar-refractivity contribution in [2.45, 2.75) is 0 Å². The van der Waals surface area contributed by atoms with E-state index < -0.39 is 7.32 Å². The largest absolute Gasteiger partial charge is 0.907 e. The minimum atomic E-state index is -2.92. The minimum absolute atomic E-state index is 0.707. The molecule has 0 unspecified atom stereocenters. The van der Waals surface area contributed by atoms with Gasteiger partial charge in [0.15, 0.2) is 0 Å². The molecule has 0 atom stereocenters. The van der Waals surface area contributed by atoms with E-state index in [-0.39, 0.29) is 0 Å². The van der Waals surface area contributed by atoms with Crippen LogP contribution in [0.5, 0.6) is 0 Å². The Hall–Kier alpha value is 3.45. The monoisotopic (exact) mass is 1150 g/mol. The van der Waals surface area contributed by atoms with Gasteiger partial charge in [0, 0.05) is 0 Å². The van der Waals surface area contributed by atoms with E-state index in [1.54, 1.807) is 0 Å². The Morgan fingerprint density at radius 2 is 0.677 bits per heavy atom. The van der Waals surface area contributed by atoms with Crippen molar-refractivity contribution >= 4 is 151 Å². The van der Waals surface area contributed by atoms with Crippen molar-refractivity contribution in [3.05, 3.63) is 41.0 Å². The molecule has 0 aliphatic heterocycles. The SMILES string of the molecule is [Cu+][n]1nc(Br)c(Br)c1Br.[Cu+][n]1nc(Br)c(Br)c1Br.[Cu+][n]1nc(Br)c(Br)c1Br.[O-]B([O-])[O-]. The third-order valence-corrected chi connectivity index (χ3v) is 13.0. The van der Waals surface area contributed by atoms with Gasteiger partial charge >= 0.3 is 259 Å². The van der Waals surface area contributed by atoms with Crippen molar-refractivity contribution in [1.82, 2.24) is 26.4 Å². The maximum atomic E-state index is 8.42. The predicted molar refractivity (Wildman–Crippen MR) is 128 cm³/mol. The van der Waals surface area contributed by atoms with E-state index in [0.717, 1.165) is 27.2 Å². The molecule has 0 spiro atoms. The summed E-state index contributed by atoms with van der Waals surface area (Å²) in [5.41, 5.74) is 0. The molecular weight excluding hydrogens is 1160 g/mol. The van der Waals surface area contributed by atoms with E-state index in [0.29, 0.717) is 13.8 Å². The van der Waals surface area contributed by atoms with Crippen molar-refractivity contribution in [3.8, 4) is 0 Å². The summed E-state index contributed by atoms with van der Waals surface area (Å²) in [4.78, 5) is 0. The van der Waals surface area contributed by atoms with Crippen LogP contribution >= 0.6 is 143 Å². The van der Waals surface area contributed by atoms with Crippen LogP contribution in [0.4, 0.5) is 0 Å². The molecule has 3 aromatic rings. The fraction of sp³-hybridized carbons (Fsp3) is 0. The number of aromatic nitrogens is 6. The van der Waals surface area contributed by atoms with Gasteiger partial charge in [-0.2, -0.15) is 0 Å². The Balaban J connectivity index is 0.000000402. The molecule has 9 nitrogen and oxygen atoms in total. The Morgan fingerprint density at radius 1 is 0.516 bits per heavy atom. The Morgan fingerprint density at radius 3 is 0.710 bits per heavy atom.